The van der Waals surface area contributed by atoms with Crippen LogP contribution >= 0.6 is 47.6 Å². The standard InChI is InChI=1S/C12H11ClF3N3S.C12H10ClF3N2OS/c1-11(2)9(17)19(10(20)18-11)6-3-4-8(13)7(5-6)12(14,15)16;1-11(2)9(19)18(10(20)17-11)6-3-4-8(13)7(5-6)12(14,15)16/h3-5,17H,1-2H3,(H,18,20);3-5H,1-2H3,(H,17,20). The largest absolute Gasteiger partial charge is 0.417 e. The van der Waals surface area contributed by atoms with E-state index in [1.165, 1.54) is 17.0 Å². The normalized spacial score (nSPS) is 18.4. The van der Waals surface area contributed by atoms with E-state index in [0.29, 0.717) is 0 Å². The van der Waals surface area contributed by atoms with Gasteiger partial charge >= 0.3 is 12.4 Å². The van der Waals surface area contributed by atoms with Crippen molar-refractivity contribution in [2.24, 2.45) is 0 Å². The van der Waals surface area contributed by atoms with Crippen LogP contribution in [0.1, 0.15) is 38.8 Å². The number of alkyl halides is 6. The van der Waals surface area contributed by atoms with Gasteiger partial charge in [-0.15, -0.1) is 0 Å². The topological polar surface area (TPSA) is 71.5 Å². The Bertz CT molecular complexity index is 1310. The van der Waals surface area contributed by atoms with E-state index in [1.807, 2.05) is 0 Å². The number of carbonyl (C=O) groups excluding carboxylic acids is 1. The summed E-state index contributed by atoms with van der Waals surface area (Å²) in [5, 5.41) is 13.1. The summed E-state index contributed by atoms with van der Waals surface area (Å²) in [5.74, 6) is -0.337. The molecule has 0 spiro atoms. The van der Waals surface area contributed by atoms with Crippen molar-refractivity contribution in [2.45, 2.75) is 51.1 Å². The van der Waals surface area contributed by atoms with Crippen molar-refractivity contribution in [3.63, 3.8) is 0 Å². The molecule has 4 rings (SSSR count). The molecule has 0 atom stereocenters. The van der Waals surface area contributed by atoms with E-state index >= 15 is 0 Å². The lowest BCUT2D eigenvalue weighted by molar-refractivity contribution is -0.138. The second-order valence-electron chi connectivity index (χ2n) is 9.76. The predicted octanol–water partition coefficient (Wildman–Crippen LogP) is 7.17. The molecule has 2 aliphatic rings. The lowest BCUT2D eigenvalue weighted by atomic mass is 10.1. The number of nitrogens with zero attached hydrogens (tertiary/aromatic N) is 2. The van der Waals surface area contributed by atoms with Crippen LogP contribution in [0.3, 0.4) is 0 Å². The second-order valence-corrected chi connectivity index (χ2v) is 11.3. The molecular formula is C24H21Cl2F6N5OS2. The fourth-order valence-electron chi connectivity index (χ4n) is 3.73. The Morgan fingerprint density at radius 3 is 1.45 bits per heavy atom. The van der Waals surface area contributed by atoms with Crippen LogP contribution in [0.15, 0.2) is 36.4 Å². The first-order valence-corrected chi connectivity index (χ1v) is 12.8. The summed E-state index contributed by atoms with van der Waals surface area (Å²) >= 11 is 21.2. The third-order valence-electron chi connectivity index (χ3n) is 5.83. The number of benzene rings is 2. The van der Waals surface area contributed by atoms with Gasteiger partial charge in [0.05, 0.1) is 38.1 Å². The van der Waals surface area contributed by atoms with Crippen molar-refractivity contribution >= 4 is 81.0 Å². The van der Waals surface area contributed by atoms with Crippen molar-refractivity contribution in [2.75, 3.05) is 9.80 Å². The smallest absolute Gasteiger partial charge is 0.350 e. The first kappa shape index (κ1) is 31.8. The van der Waals surface area contributed by atoms with Crippen LogP contribution in [0.5, 0.6) is 0 Å². The summed E-state index contributed by atoms with van der Waals surface area (Å²) in [6.45, 7) is 6.65. The third kappa shape index (κ3) is 6.29. The molecule has 16 heteroatoms. The average Bonchev–Trinajstić information content (AvgIpc) is 3.13. The Hall–Kier alpha value is -2.68. The van der Waals surface area contributed by atoms with Gasteiger partial charge in [-0.3, -0.25) is 20.0 Å². The van der Waals surface area contributed by atoms with Gasteiger partial charge in [0, 0.05) is 0 Å². The highest BCUT2D eigenvalue weighted by molar-refractivity contribution is 7.80. The molecule has 2 aromatic carbocycles. The Kier molecular flexibility index (Phi) is 8.45. The number of amides is 1. The number of anilines is 2. The Morgan fingerprint density at radius 1 is 0.750 bits per heavy atom. The maximum absolute atomic E-state index is 12.9. The lowest BCUT2D eigenvalue weighted by Gasteiger charge is -2.21. The van der Waals surface area contributed by atoms with E-state index < -0.39 is 45.5 Å². The van der Waals surface area contributed by atoms with Crippen molar-refractivity contribution in [3.8, 4) is 0 Å². The zero-order valence-electron chi connectivity index (χ0n) is 21.1. The minimum Gasteiger partial charge on any atom is -0.350 e. The van der Waals surface area contributed by atoms with Gasteiger partial charge in [-0.25, -0.2) is 0 Å². The van der Waals surface area contributed by atoms with Gasteiger partial charge in [0.15, 0.2) is 10.2 Å². The second kappa shape index (κ2) is 10.6. The first-order valence-electron chi connectivity index (χ1n) is 11.2. The molecule has 0 bridgehead atoms. The van der Waals surface area contributed by atoms with Gasteiger partial charge in [-0.1, -0.05) is 23.2 Å². The zero-order chi connectivity index (χ0) is 30.6. The highest BCUT2D eigenvalue weighted by Gasteiger charge is 2.44. The average molecular weight is 644 g/mol. The molecule has 0 radical (unpaired) electrons. The lowest BCUT2D eigenvalue weighted by Crippen LogP contribution is -2.40. The Labute approximate surface area is 246 Å². The number of hydrogen-bond donors (Lipinski definition) is 3. The monoisotopic (exact) mass is 643 g/mol. The van der Waals surface area contributed by atoms with Crippen molar-refractivity contribution in [1.29, 1.82) is 5.41 Å². The maximum atomic E-state index is 12.9. The van der Waals surface area contributed by atoms with Crippen molar-refractivity contribution in [3.05, 3.63) is 57.6 Å². The molecule has 0 aliphatic carbocycles. The molecule has 1 amide bonds. The number of rotatable bonds is 2. The molecule has 40 heavy (non-hydrogen) atoms. The molecule has 2 aliphatic heterocycles. The van der Waals surface area contributed by atoms with Crippen molar-refractivity contribution < 1.29 is 31.1 Å². The maximum Gasteiger partial charge on any atom is 0.417 e. The van der Waals surface area contributed by atoms with Crippen LogP contribution in [0.4, 0.5) is 37.7 Å². The zero-order valence-corrected chi connectivity index (χ0v) is 24.3. The molecule has 0 aromatic heterocycles. The fourth-order valence-corrected chi connectivity index (χ4v) is 5.08. The molecular weight excluding hydrogens is 623 g/mol. The van der Waals surface area contributed by atoms with E-state index in [1.54, 1.807) is 27.7 Å². The van der Waals surface area contributed by atoms with Gasteiger partial charge in [0.1, 0.15) is 11.4 Å². The number of nitrogens with one attached hydrogen (secondary N) is 3. The summed E-state index contributed by atoms with van der Waals surface area (Å²) in [6, 6.07) is 6.69. The quantitative estimate of drug-likeness (QED) is 0.238. The van der Waals surface area contributed by atoms with Crippen molar-refractivity contribution in [1.82, 2.24) is 10.6 Å². The van der Waals surface area contributed by atoms with Gasteiger partial charge < -0.3 is 10.6 Å². The van der Waals surface area contributed by atoms with Crippen LogP contribution in [-0.4, -0.2) is 33.0 Å². The molecule has 6 nitrogen and oxygen atoms in total. The number of thiocarbonyl (C=S) groups is 2. The van der Waals surface area contributed by atoms with E-state index in [2.05, 4.69) is 10.6 Å². The minimum absolute atomic E-state index is 0.0369. The summed E-state index contributed by atoms with van der Waals surface area (Å²) in [5.41, 5.74) is -3.43. The Balaban J connectivity index is 0.000000220. The summed E-state index contributed by atoms with van der Waals surface area (Å²) in [7, 11) is 0. The highest BCUT2D eigenvalue weighted by Crippen LogP contribution is 2.39. The fraction of sp³-hybridized carbons (Fsp3) is 0.333. The number of hydrogen-bond acceptors (Lipinski definition) is 4. The van der Waals surface area contributed by atoms with Crippen LogP contribution in [0.2, 0.25) is 10.0 Å². The molecule has 3 N–H and O–H groups in total. The minimum atomic E-state index is -4.60. The number of carbonyl (C=O) groups is 1. The molecule has 2 fully saturated rings. The summed E-state index contributed by atoms with van der Waals surface area (Å²) < 4.78 is 77.0. The van der Waals surface area contributed by atoms with Crippen LogP contribution in [0.25, 0.3) is 0 Å². The SMILES string of the molecule is CC1(C)NC(=S)N(c2ccc(Cl)c(C(F)(F)F)c2)C1=N.CC1(C)NC(=S)N(c2ccc(Cl)c(C(F)(F)F)c2)C1=O. The molecule has 2 aromatic rings. The molecule has 2 saturated heterocycles. The first-order chi connectivity index (χ1) is 18.1. The van der Waals surface area contributed by atoms with E-state index in [0.717, 1.165) is 29.2 Å². The highest BCUT2D eigenvalue weighted by atomic mass is 35.5. The molecule has 0 saturated carbocycles. The number of halogens is 8. The van der Waals surface area contributed by atoms with E-state index in [4.69, 9.17) is 53.0 Å². The molecule has 216 valence electrons. The molecule has 2 heterocycles. The molecule has 0 unspecified atom stereocenters. The van der Waals surface area contributed by atoms with Gasteiger partial charge in [-0.2, -0.15) is 26.3 Å². The van der Waals surface area contributed by atoms with Crippen LogP contribution < -0.4 is 20.4 Å². The predicted molar refractivity (Wildman–Crippen MR) is 150 cm³/mol. The van der Waals surface area contributed by atoms with Crippen LogP contribution in [-0.2, 0) is 17.1 Å². The Morgan fingerprint density at radius 2 is 1.12 bits per heavy atom. The van der Waals surface area contributed by atoms with Gasteiger partial charge in [-0.05, 0) is 88.5 Å². The van der Waals surface area contributed by atoms with E-state index in [9.17, 15) is 31.1 Å². The van der Waals surface area contributed by atoms with Gasteiger partial charge in [0.2, 0.25) is 0 Å². The number of amidine groups is 1. The third-order valence-corrected chi connectivity index (χ3v) is 7.05. The summed E-state index contributed by atoms with van der Waals surface area (Å²) in [4.78, 5) is 14.5. The van der Waals surface area contributed by atoms with Gasteiger partial charge in [0.25, 0.3) is 5.91 Å². The summed E-state index contributed by atoms with van der Waals surface area (Å²) in [6.07, 6.45) is -9.15. The van der Waals surface area contributed by atoms with E-state index in [-0.39, 0.29) is 32.5 Å². The van der Waals surface area contributed by atoms with Crippen LogP contribution in [0, 0.1) is 5.41 Å².